The van der Waals surface area contributed by atoms with Gasteiger partial charge in [0.1, 0.15) is 11.9 Å². The van der Waals surface area contributed by atoms with Crippen LogP contribution in [0.5, 0.6) is 0 Å². The van der Waals surface area contributed by atoms with E-state index in [0.717, 1.165) is 0 Å². The van der Waals surface area contributed by atoms with Crippen LogP contribution in [0.15, 0.2) is 18.2 Å². The number of aryl methyl sites for hydroxylation is 1. The van der Waals surface area contributed by atoms with E-state index >= 15 is 0 Å². The van der Waals surface area contributed by atoms with Crippen molar-refractivity contribution in [2.75, 3.05) is 0 Å². The van der Waals surface area contributed by atoms with Crippen molar-refractivity contribution in [1.82, 2.24) is 5.32 Å². The molecule has 0 aliphatic heterocycles. The van der Waals surface area contributed by atoms with E-state index in [2.05, 4.69) is 5.32 Å². The molecule has 1 rings (SSSR count). The van der Waals surface area contributed by atoms with Crippen LogP contribution in [-0.2, 0) is 16.0 Å². The largest absolute Gasteiger partial charge is 0.480 e. The molecule has 5 heteroatoms. The number of rotatable bonds is 4. The van der Waals surface area contributed by atoms with Crippen molar-refractivity contribution in [1.29, 1.82) is 0 Å². The van der Waals surface area contributed by atoms with Crippen LogP contribution in [0.4, 0.5) is 4.39 Å². The number of nitrogens with one attached hydrogen (secondary N) is 1. The van der Waals surface area contributed by atoms with Gasteiger partial charge in [0.15, 0.2) is 0 Å². The predicted molar refractivity (Wildman–Crippen MR) is 60.1 cm³/mol. The summed E-state index contributed by atoms with van der Waals surface area (Å²) in [6.07, 6.45) is 0.0616. The quantitative estimate of drug-likeness (QED) is 0.831. The smallest absolute Gasteiger partial charge is 0.326 e. The average Bonchev–Trinajstić information content (AvgIpc) is 2.21. The van der Waals surface area contributed by atoms with Gasteiger partial charge in [0.05, 0.1) is 0 Å². The maximum Gasteiger partial charge on any atom is 0.326 e. The zero-order chi connectivity index (χ0) is 13.0. The molecular formula is C12H14FNO3. The first kappa shape index (κ1) is 13.2. The van der Waals surface area contributed by atoms with E-state index in [1.54, 1.807) is 19.1 Å². The number of carboxylic acid groups (broad SMARTS) is 1. The maximum absolute atomic E-state index is 13.3. The second-order valence-electron chi connectivity index (χ2n) is 3.88. The Morgan fingerprint density at radius 2 is 2.12 bits per heavy atom. The van der Waals surface area contributed by atoms with Crippen LogP contribution in [0.25, 0.3) is 0 Å². The second kappa shape index (κ2) is 5.43. The summed E-state index contributed by atoms with van der Waals surface area (Å²) in [5, 5.41) is 11.2. The summed E-state index contributed by atoms with van der Waals surface area (Å²) in [4.78, 5) is 21.7. The molecule has 0 bridgehead atoms. The monoisotopic (exact) mass is 239 g/mol. The minimum Gasteiger partial charge on any atom is -0.480 e. The van der Waals surface area contributed by atoms with Crippen molar-refractivity contribution in [2.24, 2.45) is 0 Å². The highest BCUT2D eigenvalue weighted by Crippen LogP contribution is 2.11. The third-order valence-corrected chi connectivity index (χ3v) is 2.35. The highest BCUT2D eigenvalue weighted by molar-refractivity contribution is 5.82. The lowest BCUT2D eigenvalue weighted by Gasteiger charge is -2.13. The van der Waals surface area contributed by atoms with E-state index in [1.807, 2.05) is 0 Å². The van der Waals surface area contributed by atoms with Gasteiger partial charge in [-0.1, -0.05) is 12.1 Å². The number of benzene rings is 1. The molecule has 92 valence electrons. The number of carboxylic acids is 1. The Morgan fingerprint density at radius 1 is 1.47 bits per heavy atom. The summed E-state index contributed by atoms with van der Waals surface area (Å²) < 4.78 is 13.3. The van der Waals surface area contributed by atoms with Crippen LogP contribution in [-0.4, -0.2) is 23.0 Å². The second-order valence-corrected chi connectivity index (χ2v) is 3.88. The molecule has 1 amide bonds. The van der Waals surface area contributed by atoms with Crippen molar-refractivity contribution in [3.8, 4) is 0 Å². The molecule has 4 nitrogen and oxygen atoms in total. The van der Waals surface area contributed by atoms with Crippen LogP contribution in [0.2, 0.25) is 0 Å². The van der Waals surface area contributed by atoms with E-state index in [-0.39, 0.29) is 12.2 Å². The molecule has 0 aliphatic carbocycles. The van der Waals surface area contributed by atoms with Crippen molar-refractivity contribution in [3.05, 3.63) is 35.1 Å². The zero-order valence-corrected chi connectivity index (χ0v) is 9.66. The molecule has 1 aromatic rings. The normalized spacial score (nSPS) is 11.9. The number of halogens is 1. The lowest BCUT2D eigenvalue weighted by Crippen LogP contribution is -2.41. The minimum absolute atomic E-state index is 0.0616. The lowest BCUT2D eigenvalue weighted by molar-refractivity contribution is -0.141. The van der Waals surface area contributed by atoms with Crippen molar-refractivity contribution in [3.63, 3.8) is 0 Å². The fourth-order valence-electron chi connectivity index (χ4n) is 1.44. The third kappa shape index (κ3) is 3.86. The Labute approximate surface area is 98.5 Å². The fraction of sp³-hybridized carbons (Fsp3) is 0.333. The number of hydrogen-bond donors (Lipinski definition) is 2. The van der Waals surface area contributed by atoms with E-state index < -0.39 is 17.9 Å². The number of carbonyl (C=O) groups is 2. The molecule has 1 atom stereocenters. The Morgan fingerprint density at radius 3 is 2.59 bits per heavy atom. The predicted octanol–water partition coefficient (Wildman–Crippen LogP) is 1.27. The van der Waals surface area contributed by atoms with Gasteiger partial charge < -0.3 is 10.4 Å². The Balaban J connectivity index is 2.82. The summed E-state index contributed by atoms with van der Waals surface area (Å²) in [7, 11) is 0. The Hall–Kier alpha value is -1.91. The number of amides is 1. The van der Waals surface area contributed by atoms with E-state index in [1.165, 1.54) is 13.0 Å². The molecule has 1 aromatic carbocycles. The molecule has 0 unspecified atom stereocenters. The number of aliphatic carboxylic acids is 1. The van der Waals surface area contributed by atoms with Gasteiger partial charge in [0.2, 0.25) is 5.91 Å². The van der Waals surface area contributed by atoms with E-state index in [9.17, 15) is 14.0 Å². The van der Waals surface area contributed by atoms with Gasteiger partial charge in [-0.05, 0) is 24.1 Å². The van der Waals surface area contributed by atoms with Gasteiger partial charge in [-0.25, -0.2) is 9.18 Å². The molecule has 0 radical (unpaired) electrons. The van der Waals surface area contributed by atoms with E-state index in [4.69, 9.17) is 5.11 Å². The fourth-order valence-corrected chi connectivity index (χ4v) is 1.44. The Kier molecular flexibility index (Phi) is 4.20. The number of hydrogen-bond acceptors (Lipinski definition) is 2. The molecular weight excluding hydrogens is 225 g/mol. The Bertz CT molecular complexity index is 445. The van der Waals surface area contributed by atoms with Crippen LogP contribution >= 0.6 is 0 Å². The first-order valence-electron chi connectivity index (χ1n) is 5.15. The first-order valence-corrected chi connectivity index (χ1v) is 5.15. The first-order chi connectivity index (χ1) is 7.90. The van der Waals surface area contributed by atoms with E-state index in [0.29, 0.717) is 11.1 Å². The highest BCUT2D eigenvalue weighted by atomic mass is 19.1. The van der Waals surface area contributed by atoms with Gasteiger partial charge in [0, 0.05) is 13.3 Å². The summed E-state index contributed by atoms with van der Waals surface area (Å²) >= 11 is 0. The summed E-state index contributed by atoms with van der Waals surface area (Å²) in [5.74, 6) is -1.94. The van der Waals surface area contributed by atoms with Crippen molar-refractivity contribution < 1.29 is 19.1 Å². The van der Waals surface area contributed by atoms with Gasteiger partial charge >= 0.3 is 5.97 Å². The van der Waals surface area contributed by atoms with Crippen LogP contribution in [0.3, 0.4) is 0 Å². The summed E-state index contributed by atoms with van der Waals surface area (Å²) in [5.41, 5.74) is 1.04. The summed E-state index contributed by atoms with van der Waals surface area (Å²) in [6.45, 7) is 2.87. The molecule has 0 aliphatic rings. The molecule has 0 saturated heterocycles. The van der Waals surface area contributed by atoms with Gasteiger partial charge in [0.25, 0.3) is 0 Å². The van der Waals surface area contributed by atoms with Gasteiger partial charge in [-0.15, -0.1) is 0 Å². The molecule has 0 saturated carbocycles. The third-order valence-electron chi connectivity index (χ3n) is 2.35. The standard InChI is InChI=1S/C12H14FNO3/c1-7-3-4-9(5-10(7)13)6-11(12(16)17)14-8(2)15/h3-5,11H,6H2,1-2H3,(H,14,15)(H,16,17)/t11-/m1/s1. The molecule has 2 N–H and O–H groups in total. The SMILES string of the molecule is CC(=O)N[C@H](Cc1ccc(C)c(F)c1)C(=O)O. The van der Waals surface area contributed by atoms with Crippen LogP contribution < -0.4 is 5.32 Å². The maximum atomic E-state index is 13.3. The van der Waals surface area contributed by atoms with Gasteiger partial charge in [-0.2, -0.15) is 0 Å². The molecule has 0 heterocycles. The molecule has 0 spiro atoms. The van der Waals surface area contributed by atoms with Crippen LogP contribution in [0, 0.1) is 12.7 Å². The minimum atomic E-state index is -1.14. The molecule has 17 heavy (non-hydrogen) atoms. The molecule has 0 aromatic heterocycles. The average molecular weight is 239 g/mol. The van der Waals surface area contributed by atoms with Crippen LogP contribution in [0.1, 0.15) is 18.1 Å². The topological polar surface area (TPSA) is 66.4 Å². The van der Waals surface area contributed by atoms with Crippen molar-refractivity contribution >= 4 is 11.9 Å². The number of carbonyl (C=O) groups excluding carboxylic acids is 1. The lowest BCUT2D eigenvalue weighted by atomic mass is 10.0. The highest BCUT2D eigenvalue weighted by Gasteiger charge is 2.19. The molecule has 0 fully saturated rings. The van der Waals surface area contributed by atoms with Crippen molar-refractivity contribution in [2.45, 2.75) is 26.3 Å². The summed E-state index contributed by atoms with van der Waals surface area (Å²) in [6, 6.07) is 3.48. The van der Waals surface area contributed by atoms with Gasteiger partial charge in [-0.3, -0.25) is 4.79 Å². The zero-order valence-electron chi connectivity index (χ0n) is 9.66.